The molecule has 136 valence electrons. The molecule has 0 saturated heterocycles. The highest BCUT2D eigenvalue weighted by Gasteiger charge is 2.33. The monoisotopic (exact) mass is 367 g/mol. The maximum absolute atomic E-state index is 13.2. The smallest absolute Gasteiger partial charge is 0.269 e. The van der Waals surface area contributed by atoms with Crippen LogP contribution in [0.25, 0.3) is 5.69 Å². The van der Waals surface area contributed by atoms with Crippen molar-refractivity contribution in [2.75, 3.05) is 11.1 Å². The molecule has 1 aliphatic rings. The van der Waals surface area contributed by atoms with Gasteiger partial charge in [0, 0.05) is 30.0 Å². The highest BCUT2D eigenvalue weighted by atomic mass is 19.1. The van der Waals surface area contributed by atoms with E-state index in [0.29, 0.717) is 17.1 Å². The number of anilines is 2. The third-order valence-electron chi connectivity index (χ3n) is 4.52. The number of fused-ring (bicyclic) bond motifs is 1. The molecule has 2 aromatic carbocycles. The van der Waals surface area contributed by atoms with Gasteiger partial charge in [0.2, 0.25) is 5.91 Å². The van der Waals surface area contributed by atoms with Gasteiger partial charge in [0.15, 0.2) is 5.82 Å². The number of nitro groups is 1. The van der Waals surface area contributed by atoms with Gasteiger partial charge < -0.3 is 11.1 Å². The number of halogens is 1. The molecule has 2 heterocycles. The Hall–Kier alpha value is -3.75. The molecule has 9 heteroatoms. The van der Waals surface area contributed by atoms with Crippen molar-refractivity contribution in [2.24, 2.45) is 0 Å². The molecule has 3 N–H and O–H groups in total. The number of benzene rings is 2. The van der Waals surface area contributed by atoms with Crippen LogP contribution < -0.4 is 11.1 Å². The summed E-state index contributed by atoms with van der Waals surface area (Å²) in [6.45, 7) is 0. The molecule has 1 amide bonds. The van der Waals surface area contributed by atoms with E-state index in [1.807, 2.05) is 0 Å². The fraction of sp³-hybridized carbons (Fsp3) is 0.111. The lowest BCUT2D eigenvalue weighted by atomic mass is 9.86. The van der Waals surface area contributed by atoms with Gasteiger partial charge in [-0.1, -0.05) is 12.1 Å². The molecule has 0 radical (unpaired) electrons. The highest BCUT2D eigenvalue weighted by Crippen LogP contribution is 2.41. The molecule has 8 nitrogen and oxygen atoms in total. The molecule has 0 spiro atoms. The van der Waals surface area contributed by atoms with E-state index >= 15 is 0 Å². The third-order valence-corrected chi connectivity index (χ3v) is 4.52. The number of rotatable bonds is 3. The van der Waals surface area contributed by atoms with Crippen LogP contribution in [0.1, 0.15) is 23.5 Å². The second kappa shape index (κ2) is 6.20. The molecule has 1 aromatic heterocycles. The summed E-state index contributed by atoms with van der Waals surface area (Å²) < 4.78 is 14.7. The summed E-state index contributed by atoms with van der Waals surface area (Å²) in [7, 11) is 0. The summed E-state index contributed by atoms with van der Waals surface area (Å²) in [5, 5.41) is 17.9. The van der Waals surface area contributed by atoms with E-state index in [2.05, 4.69) is 10.4 Å². The van der Waals surface area contributed by atoms with Crippen LogP contribution in [0.3, 0.4) is 0 Å². The van der Waals surface area contributed by atoms with Crippen LogP contribution in [0.5, 0.6) is 0 Å². The van der Waals surface area contributed by atoms with Crippen molar-refractivity contribution in [2.45, 2.75) is 12.3 Å². The Balaban J connectivity index is 1.81. The number of nitrogen functional groups attached to an aromatic ring is 1. The molecule has 1 aliphatic heterocycles. The first-order chi connectivity index (χ1) is 12.9. The highest BCUT2D eigenvalue weighted by molar-refractivity contribution is 5.96. The maximum atomic E-state index is 13.2. The average Bonchev–Trinajstić information content (AvgIpc) is 2.98. The van der Waals surface area contributed by atoms with Crippen molar-refractivity contribution in [3.05, 3.63) is 75.6 Å². The lowest BCUT2D eigenvalue weighted by Crippen LogP contribution is -2.25. The molecule has 27 heavy (non-hydrogen) atoms. The average molecular weight is 367 g/mol. The summed E-state index contributed by atoms with van der Waals surface area (Å²) in [5.41, 5.74) is 7.99. The number of carbonyl (C=O) groups is 1. The Labute approximate surface area is 152 Å². The normalized spacial score (nSPS) is 15.9. The van der Waals surface area contributed by atoms with Gasteiger partial charge in [-0.15, -0.1) is 5.10 Å². The van der Waals surface area contributed by atoms with E-state index in [-0.39, 0.29) is 35.6 Å². The van der Waals surface area contributed by atoms with Crippen molar-refractivity contribution >= 4 is 23.2 Å². The summed E-state index contributed by atoms with van der Waals surface area (Å²) >= 11 is 0. The van der Waals surface area contributed by atoms with Crippen LogP contribution >= 0.6 is 0 Å². The van der Waals surface area contributed by atoms with Crippen LogP contribution in [-0.2, 0) is 4.79 Å². The maximum Gasteiger partial charge on any atom is 0.269 e. The number of hydrogen-bond acceptors (Lipinski definition) is 5. The zero-order valence-electron chi connectivity index (χ0n) is 13.9. The molecule has 3 aromatic rings. The Morgan fingerprint density at radius 2 is 1.85 bits per heavy atom. The van der Waals surface area contributed by atoms with E-state index in [9.17, 15) is 19.3 Å². The Morgan fingerprint density at radius 3 is 2.48 bits per heavy atom. The van der Waals surface area contributed by atoms with Gasteiger partial charge in [0.25, 0.3) is 5.69 Å². The van der Waals surface area contributed by atoms with Gasteiger partial charge in [-0.2, -0.15) is 0 Å². The number of amides is 1. The van der Waals surface area contributed by atoms with Crippen molar-refractivity contribution in [1.82, 2.24) is 9.78 Å². The predicted molar refractivity (Wildman–Crippen MR) is 96.1 cm³/mol. The van der Waals surface area contributed by atoms with Crippen molar-refractivity contribution in [1.29, 1.82) is 0 Å². The van der Waals surface area contributed by atoms with Gasteiger partial charge in [0.05, 0.1) is 10.6 Å². The zero-order valence-corrected chi connectivity index (χ0v) is 13.9. The first-order valence-corrected chi connectivity index (χ1v) is 8.12. The fourth-order valence-electron chi connectivity index (χ4n) is 3.26. The summed E-state index contributed by atoms with van der Waals surface area (Å²) in [6.07, 6.45) is 0.143. The lowest BCUT2D eigenvalue weighted by molar-refractivity contribution is -0.384. The van der Waals surface area contributed by atoms with Crippen LogP contribution in [0.15, 0.2) is 48.5 Å². The van der Waals surface area contributed by atoms with Crippen molar-refractivity contribution < 1.29 is 14.1 Å². The minimum atomic E-state index is -0.482. The minimum Gasteiger partial charge on any atom is -0.382 e. The van der Waals surface area contributed by atoms with Crippen molar-refractivity contribution in [3.8, 4) is 5.69 Å². The van der Waals surface area contributed by atoms with E-state index in [1.165, 1.54) is 41.1 Å². The van der Waals surface area contributed by atoms with Gasteiger partial charge in [0.1, 0.15) is 11.6 Å². The van der Waals surface area contributed by atoms with Crippen LogP contribution in [0.4, 0.5) is 21.7 Å². The first-order valence-electron chi connectivity index (χ1n) is 8.12. The molecule has 0 bridgehead atoms. The quantitative estimate of drug-likeness (QED) is 0.545. The predicted octanol–water partition coefficient (Wildman–Crippen LogP) is 2.98. The molecule has 0 saturated carbocycles. The first kappa shape index (κ1) is 16.7. The fourth-order valence-corrected chi connectivity index (χ4v) is 3.26. The standard InChI is InChI=1S/C18H14FN5O3/c19-11-3-7-12(8-4-11)23-18-16(17(20)22-23)14(9-15(25)21-18)10-1-5-13(6-2-10)24(26)27/h1-8,14H,9H2,(H2,20,22)(H,21,25). The largest absolute Gasteiger partial charge is 0.382 e. The Morgan fingerprint density at radius 1 is 1.19 bits per heavy atom. The number of non-ortho nitro benzene ring substituents is 1. The number of nitrogens with zero attached hydrogens (tertiary/aromatic N) is 3. The SMILES string of the molecule is Nc1nn(-c2ccc(F)cc2)c2c1C(c1ccc([N+](=O)[O-])cc1)CC(=O)N2. The zero-order chi connectivity index (χ0) is 19.1. The molecular formula is C18H14FN5O3. The number of nitrogens with one attached hydrogen (secondary N) is 1. The van der Waals surface area contributed by atoms with Crippen molar-refractivity contribution in [3.63, 3.8) is 0 Å². The minimum absolute atomic E-state index is 0.0331. The molecule has 0 fully saturated rings. The molecule has 1 atom stereocenters. The second-order valence-electron chi connectivity index (χ2n) is 6.19. The van der Waals surface area contributed by atoms with Crippen LogP contribution in [0.2, 0.25) is 0 Å². The van der Waals surface area contributed by atoms with E-state index < -0.39 is 4.92 Å². The number of carbonyl (C=O) groups excluding carboxylic acids is 1. The van der Waals surface area contributed by atoms with Crippen LogP contribution in [-0.4, -0.2) is 20.6 Å². The van der Waals surface area contributed by atoms with Gasteiger partial charge in [-0.25, -0.2) is 9.07 Å². The van der Waals surface area contributed by atoms with E-state index in [1.54, 1.807) is 12.1 Å². The molecule has 0 aliphatic carbocycles. The number of nitrogens with two attached hydrogens (primary N) is 1. The summed E-state index contributed by atoms with van der Waals surface area (Å²) in [5.74, 6) is -0.352. The van der Waals surface area contributed by atoms with Gasteiger partial charge in [-0.05, 0) is 29.8 Å². The third kappa shape index (κ3) is 2.88. The Bertz CT molecular complexity index is 1040. The van der Waals surface area contributed by atoms with Crippen LogP contribution in [0, 0.1) is 15.9 Å². The second-order valence-corrected chi connectivity index (χ2v) is 6.19. The number of nitro benzene ring substituents is 1. The molecule has 4 rings (SSSR count). The lowest BCUT2D eigenvalue weighted by Gasteiger charge is -2.24. The van der Waals surface area contributed by atoms with E-state index in [4.69, 9.17) is 5.73 Å². The molecule has 1 unspecified atom stereocenters. The molecular weight excluding hydrogens is 353 g/mol. The summed E-state index contributed by atoms with van der Waals surface area (Å²) in [4.78, 5) is 22.6. The van der Waals surface area contributed by atoms with E-state index in [0.717, 1.165) is 5.56 Å². The number of hydrogen-bond donors (Lipinski definition) is 2. The summed E-state index contributed by atoms with van der Waals surface area (Å²) in [6, 6.07) is 11.6. The Kier molecular flexibility index (Phi) is 3.84. The topological polar surface area (TPSA) is 116 Å². The van der Waals surface area contributed by atoms with Gasteiger partial charge in [-0.3, -0.25) is 14.9 Å². The number of aromatic nitrogens is 2. The van der Waals surface area contributed by atoms with Gasteiger partial charge >= 0.3 is 0 Å².